The largest absolute Gasteiger partial charge is 0.478 e. The molecule has 0 saturated heterocycles. The van der Waals surface area contributed by atoms with Gasteiger partial charge in [-0.25, -0.2) is 9.59 Å². The Bertz CT molecular complexity index is 643. The molecule has 1 rings (SSSR count). The molecule has 1 aromatic carbocycles. The van der Waals surface area contributed by atoms with Crippen molar-refractivity contribution >= 4 is 22.1 Å². The molecule has 8 heteroatoms. The molecule has 0 fully saturated rings. The van der Waals surface area contributed by atoms with Crippen molar-refractivity contribution in [3.8, 4) is 0 Å². The van der Waals surface area contributed by atoms with Gasteiger partial charge >= 0.3 is 11.9 Å². The van der Waals surface area contributed by atoms with Gasteiger partial charge in [0.2, 0.25) is 0 Å². The zero-order valence-corrected chi connectivity index (χ0v) is 10.3. The highest BCUT2D eigenvalue weighted by Gasteiger charge is 2.28. The first kappa shape index (κ1) is 14.1. The van der Waals surface area contributed by atoms with E-state index in [-0.39, 0.29) is 16.7 Å². The monoisotopic (exact) mass is 274 g/mol. The average Bonchev–Trinajstić information content (AvgIpc) is 2.12. The van der Waals surface area contributed by atoms with E-state index in [0.717, 1.165) is 13.0 Å². The van der Waals surface area contributed by atoms with E-state index >= 15 is 0 Å². The number of rotatable bonds is 3. The highest BCUT2D eigenvalue weighted by atomic mass is 32.2. The minimum atomic E-state index is -4.83. The quantitative estimate of drug-likeness (QED) is 0.699. The van der Waals surface area contributed by atoms with Crippen LogP contribution in [-0.2, 0) is 10.1 Å². The van der Waals surface area contributed by atoms with Gasteiger partial charge in [-0.3, -0.25) is 4.55 Å². The molecule has 0 saturated carbocycles. The van der Waals surface area contributed by atoms with Gasteiger partial charge < -0.3 is 10.2 Å². The fraction of sp³-hybridized carbons (Fsp3) is 0.200. The number of carboxylic acid groups (broad SMARTS) is 2. The van der Waals surface area contributed by atoms with Gasteiger partial charge in [-0.2, -0.15) is 8.42 Å². The summed E-state index contributed by atoms with van der Waals surface area (Å²) >= 11 is 0. The molecule has 0 radical (unpaired) electrons. The molecule has 0 unspecified atom stereocenters. The van der Waals surface area contributed by atoms with Crippen LogP contribution in [0.25, 0.3) is 0 Å². The van der Waals surface area contributed by atoms with Crippen LogP contribution in [0.2, 0.25) is 0 Å². The summed E-state index contributed by atoms with van der Waals surface area (Å²) in [6.45, 7) is 2.47. The van der Waals surface area contributed by atoms with Crippen LogP contribution >= 0.6 is 0 Å². The van der Waals surface area contributed by atoms with Gasteiger partial charge in [-0.1, -0.05) is 0 Å². The summed E-state index contributed by atoms with van der Waals surface area (Å²) in [7, 11) is -4.83. The Hall–Kier alpha value is -1.93. The Morgan fingerprint density at radius 3 is 1.94 bits per heavy atom. The number of aryl methyl sites for hydroxylation is 1. The minimum Gasteiger partial charge on any atom is -0.478 e. The molecule has 0 atom stereocenters. The average molecular weight is 274 g/mol. The Labute approximate surface area is 102 Å². The van der Waals surface area contributed by atoms with E-state index < -0.39 is 32.5 Å². The van der Waals surface area contributed by atoms with Gasteiger partial charge in [-0.05, 0) is 31.0 Å². The predicted molar refractivity (Wildman–Crippen MR) is 59.6 cm³/mol. The Balaban J connectivity index is 3.93. The molecule has 7 nitrogen and oxygen atoms in total. The first-order valence-corrected chi connectivity index (χ1v) is 6.09. The second-order valence-corrected chi connectivity index (χ2v) is 5.01. The SMILES string of the molecule is Cc1cc(C(=O)O)c(S(=O)(=O)O)c(C)c1C(=O)O. The zero-order chi connectivity index (χ0) is 14.2. The molecule has 98 valence electrons. The van der Waals surface area contributed by atoms with Gasteiger partial charge in [0, 0.05) is 0 Å². The van der Waals surface area contributed by atoms with Crippen molar-refractivity contribution in [2.24, 2.45) is 0 Å². The second kappa shape index (κ2) is 4.39. The molecular formula is C10H10O7S. The normalized spacial score (nSPS) is 11.3. The third-order valence-corrected chi connectivity index (χ3v) is 3.46. The topological polar surface area (TPSA) is 129 Å². The van der Waals surface area contributed by atoms with Crippen molar-refractivity contribution < 1.29 is 32.8 Å². The smallest absolute Gasteiger partial charge is 0.337 e. The number of aromatic carboxylic acids is 2. The highest BCUT2D eigenvalue weighted by Crippen LogP contribution is 2.26. The van der Waals surface area contributed by atoms with E-state index in [4.69, 9.17) is 14.8 Å². The van der Waals surface area contributed by atoms with Gasteiger partial charge in [0.25, 0.3) is 10.1 Å². The maximum Gasteiger partial charge on any atom is 0.337 e. The number of hydrogen-bond acceptors (Lipinski definition) is 4. The maximum absolute atomic E-state index is 11.2. The maximum atomic E-state index is 11.2. The van der Waals surface area contributed by atoms with Gasteiger partial charge in [0.05, 0.1) is 11.1 Å². The third-order valence-electron chi connectivity index (χ3n) is 2.42. The summed E-state index contributed by atoms with van der Waals surface area (Å²) in [6.07, 6.45) is 0. The minimum absolute atomic E-state index is 0.102. The van der Waals surface area contributed by atoms with Crippen molar-refractivity contribution in [3.05, 3.63) is 28.3 Å². The lowest BCUT2D eigenvalue weighted by molar-refractivity contribution is 0.0676. The van der Waals surface area contributed by atoms with Crippen LogP contribution in [0.4, 0.5) is 0 Å². The van der Waals surface area contributed by atoms with Crippen LogP contribution < -0.4 is 0 Å². The number of hydrogen-bond donors (Lipinski definition) is 3. The summed E-state index contributed by atoms with van der Waals surface area (Å²) in [5.74, 6) is -2.96. The van der Waals surface area contributed by atoms with Crippen molar-refractivity contribution in [3.63, 3.8) is 0 Å². The van der Waals surface area contributed by atoms with Crippen LogP contribution in [-0.4, -0.2) is 35.1 Å². The second-order valence-electron chi connectivity index (χ2n) is 3.66. The van der Waals surface area contributed by atoms with E-state index in [1.807, 2.05) is 0 Å². The first-order chi connectivity index (χ1) is 8.07. The molecule has 3 N–H and O–H groups in total. The standard InChI is InChI=1S/C10H10O7S/c1-4-3-6(9(11)12)8(18(15,16)17)5(2)7(4)10(13)14/h3H,1-2H3,(H,11,12)(H,13,14)(H,15,16,17). The van der Waals surface area contributed by atoms with Crippen LogP contribution in [0.5, 0.6) is 0 Å². The van der Waals surface area contributed by atoms with Crippen molar-refractivity contribution in [2.75, 3.05) is 0 Å². The van der Waals surface area contributed by atoms with Crippen molar-refractivity contribution in [1.82, 2.24) is 0 Å². The lowest BCUT2D eigenvalue weighted by Crippen LogP contribution is -2.15. The van der Waals surface area contributed by atoms with Crippen LogP contribution in [0.15, 0.2) is 11.0 Å². The van der Waals surface area contributed by atoms with Gasteiger partial charge in [0.1, 0.15) is 4.90 Å². The molecule has 0 bridgehead atoms. The lowest BCUT2D eigenvalue weighted by Gasteiger charge is -2.12. The van der Waals surface area contributed by atoms with Crippen LogP contribution in [0.3, 0.4) is 0 Å². The van der Waals surface area contributed by atoms with Crippen molar-refractivity contribution in [1.29, 1.82) is 0 Å². The fourth-order valence-electron chi connectivity index (χ4n) is 1.79. The van der Waals surface area contributed by atoms with Crippen molar-refractivity contribution in [2.45, 2.75) is 18.7 Å². The number of benzene rings is 1. The molecule has 18 heavy (non-hydrogen) atoms. The summed E-state index contributed by atoms with van der Waals surface area (Å²) < 4.78 is 31.3. The van der Waals surface area contributed by atoms with E-state index in [1.54, 1.807) is 0 Å². The summed E-state index contributed by atoms with van der Waals surface area (Å²) in [6, 6.07) is 0.905. The number of carboxylic acids is 2. The Kier molecular flexibility index (Phi) is 3.45. The molecule has 0 amide bonds. The van der Waals surface area contributed by atoms with Gasteiger partial charge in [-0.15, -0.1) is 0 Å². The molecule has 0 aliphatic rings. The first-order valence-electron chi connectivity index (χ1n) is 4.65. The summed E-state index contributed by atoms with van der Waals surface area (Å²) in [4.78, 5) is 21.0. The predicted octanol–water partition coefficient (Wildman–Crippen LogP) is 0.947. The lowest BCUT2D eigenvalue weighted by atomic mass is 9.99. The van der Waals surface area contributed by atoms with Crippen LogP contribution in [0, 0.1) is 13.8 Å². The molecule has 0 aliphatic heterocycles. The molecule has 0 spiro atoms. The van der Waals surface area contributed by atoms with E-state index in [1.165, 1.54) is 6.92 Å². The molecule has 0 heterocycles. The van der Waals surface area contributed by atoms with E-state index in [0.29, 0.717) is 0 Å². The third kappa shape index (κ3) is 2.34. The van der Waals surface area contributed by atoms with Gasteiger partial charge in [0.15, 0.2) is 0 Å². The zero-order valence-electron chi connectivity index (χ0n) is 9.46. The molecule has 1 aromatic rings. The molecule has 0 aliphatic carbocycles. The molecular weight excluding hydrogens is 264 g/mol. The Morgan fingerprint density at radius 1 is 1.11 bits per heavy atom. The Morgan fingerprint density at radius 2 is 1.61 bits per heavy atom. The fourth-order valence-corrected chi connectivity index (χ4v) is 2.70. The van der Waals surface area contributed by atoms with Crippen LogP contribution in [0.1, 0.15) is 31.8 Å². The van der Waals surface area contributed by atoms with E-state index in [2.05, 4.69) is 0 Å². The summed E-state index contributed by atoms with van der Waals surface area (Å²) in [5, 5.41) is 17.8. The van der Waals surface area contributed by atoms with E-state index in [9.17, 15) is 18.0 Å². The summed E-state index contributed by atoms with van der Waals surface area (Å²) in [5.41, 5.74) is -1.20. The number of carbonyl (C=O) groups is 2. The molecule has 0 aromatic heterocycles. The highest BCUT2D eigenvalue weighted by molar-refractivity contribution is 7.86.